The van der Waals surface area contributed by atoms with Gasteiger partial charge in [-0.2, -0.15) is 13.2 Å². The maximum absolute atomic E-state index is 12.9. The lowest BCUT2D eigenvalue weighted by molar-refractivity contribution is -0.137. The summed E-state index contributed by atoms with van der Waals surface area (Å²) in [5.41, 5.74) is -0.744. The van der Waals surface area contributed by atoms with E-state index in [0.717, 1.165) is 12.1 Å². The number of amides is 1. The number of nitrogens with zero attached hydrogens (tertiary/aromatic N) is 1. The zero-order valence-corrected chi connectivity index (χ0v) is 16.2. The van der Waals surface area contributed by atoms with E-state index in [1.807, 2.05) is 20.8 Å². The smallest absolute Gasteiger partial charge is 0.340 e. The second-order valence-electron chi connectivity index (χ2n) is 7.58. The van der Waals surface area contributed by atoms with Crippen LogP contribution < -0.4 is 5.32 Å². The first-order valence-corrected chi connectivity index (χ1v) is 8.91. The van der Waals surface area contributed by atoms with Crippen molar-refractivity contribution in [2.75, 3.05) is 0 Å². The molecule has 0 unspecified atom stereocenters. The molecule has 0 saturated heterocycles. The van der Waals surface area contributed by atoms with E-state index in [4.69, 9.17) is 0 Å². The van der Waals surface area contributed by atoms with Crippen LogP contribution in [0.3, 0.4) is 0 Å². The molecule has 1 N–H and O–H groups in total. The van der Waals surface area contributed by atoms with E-state index in [1.54, 1.807) is 13.0 Å². The molecule has 1 amide bonds. The van der Waals surface area contributed by atoms with Crippen LogP contribution in [0.1, 0.15) is 50.2 Å². The van der Waals surface area contributed by atoms with Crippen molar-refractivity contribution in [1.82, 2.24) is 10.3 Å². The number of carbonyl (C=O) groups excluding carboxylic acids is 2. The Kier molecular flexibility index (Phi) is 6.27. The summed E-state index contributed by atoms with van der Waals surface area (Å²) in [7, 11) is 0. The number of Topliss-reactive ketones (excluding diaryl/α,β-unsaturated/α-hetero) is 1. The number of nitrogens with one attached hydrogen (secondary N) is 1. The normalized spacial score (nSPS) is 13.1. The zero-order valence-electron chi connectivity index (χ0n) is 16.2. The van der Waals surface area contributed by atoms with Crippen LogP contribution in [0.5, 0.6) is 0 Å². The molecular formula is C21H23F3N2O2. The average Bonchev–Trinajstić information content (AvgIpc) is 2.64. The fourth-order valence-electron chi connectivity index (χ4n) is 2.77. The monoisotopic (exact) mass is 392 g/mol. The number of ketones is 1. The highest BCUT2D eigenvalue weighted by Crippen LogP contribution is 2.31. The number of hydrogen-bond acceptors (Lipinski definition) is 3. The topological polar surface area (TPSA) is 59.1 Å². The molecule has 0 aliphatic heterocycles. The van der Waals surface area contributed by atoms with E-state index in [-0.39, 0.29) is 29.2 Å². The standard InChI is InChI=1S/C21H23F3N2O2/c1-5-17(27)18(20(2,3)4)26-19(28)16-11-7-10-15(25-16)13-8-6-9-14(12-13)21(22,23)24/h6-12,18H,5H2,1-4H3,(H,26,28)/t18-/m1/s1. The predicted octanol–water partition coefficient (Wildman–Crippen LogP) is 4.89. The summed E-state index contributed by atoms with van der Waals surface area (Å²) in [5.74, 6) is -0.648. The Morgan fingerprint density at radius 3 is 2.29 bits per heavy atom. The Morgan fingerprint density at radius 2 is 1.71 bits per heavy atom. The second kappa shape index (κ2) is 8.12. The van der Waals surface area contributed by atoms with Gasteiger partial charge in [-0.05, 0) is 29.7 Å². The number of rotatable bonds is 5. The van der Waals surface area contributed by atoms with Crippen LogP contribution in [0.15, 0.2) is 42.5 Å². The van der Waals surface area contributed by atoms with Crippen molar-refractivity contribution in [3.8, 4) is 11.3 Å². The number of halogens is 3. The Hall–Kier alpha value is -2.70. The van der Waals surface area contributed by atoms with Gasteiger partial charge in [0, 0.05) is 12.0 Å². The van der Waals surface area contributed by atoms with Crippen molar-refractivity contribution in [2.45, 2.75) is 46.3 Å². The molecule has 1 heterocycles. The molecule has 0 aliphatic rings. The summed E-state index contributed by atoms with van der Waals surface area (Å²) in [6, 6.07) is 8.61. The molecule has 150 valence electrons. The lowest BCUT2D eigenvalue weighted by atomic mass is 9.83. The fourth-order valence-corrected chi connectivity index (χ4v) is 2.77. The molecule has 28 heavy (non-hydrogen) atoms. The molecule has 1 atom stereocenters. The quantitative estimate of drug-likeness (QED) is 0.788. The number of carbonyl (C=O) groups is 2. The van der Waals surface area contributed by atoms with Gasteiger partial charge in [0.1, 0.15) is 5.69 Å². The van der Waals surface area contributed by atoms with E-state index < -0.39 is 29.1 Å². The molecule has 0 bridgehead atoms. The van der Waals surface area contributed by atoms with Crippen molar-refractivity contribution in [2.24, 2.45) is 5.41 Å². The molecule has 7 heteroatoms. The molecule has 1 aromatic heterocycles. The number of pyridine rings is 1. The Labute approximate surface area is 162 Å². The van der Waals surface area contributed by atoms with Gasteiger partial charge in [-0.1, -0.05) is 45.9 Å². The lowest BCUT2D eigenvalue weighted by Crippen LogP contribution is -2.49. The lowest BCUT2D eigenvalue weighted by Gasteiger charge is -2.30. The highest BCUT2D eigenvalue weighted by Gasteiger charge is 2.32. The third-order valence-corrected chi connectivity index (χ3v) is 4.28. The van der Waals surface area contributed by atoms with Gasteiger partial charge in [0.15, 0.2) is 5.78 Å². The first kappa shape index (κ1) is 21.6. The SMILES string of the molecule is CCC(=O)[C@@H](NC(=O)c1cccc(-c2cccc(C(F)(F)F)c2)n1)C(C)(C)C. The van der Waals surface area contributed by atoms with E-state index in [2.05, 4.69) is 10.3 Å². The van der Waals surface area contributed by atoms with E-state index in [1.165, 1.54) is 24.3 Å². The largest absolute Gasteiger partial charge is 0.416 e. The van der Waals surface area contributed by atoms with Crippen molar-refractivity contribution >= 4 is 11.7 Å². The minimum Gasteiger partial charge on any atom is -0.340 e. The molecule has 2 aromatic rings. The summed E-state index contributed by atoms with van der Waals surface area (Å²) in [6.45, 7) is 7.26. The van der Waals surface area contributed by atoms with E-state index >= 15 is 0 Å². The van der Waals surface area contributed by atoms with Gasteiger partial charge in [0.05, 0.1) is 17.3 Å². The molecule has 0 spiro atoms. The highest BCUT2D eigenvalue weighted by atomic mass is 19.4. The van der Waals surface area contributed by atoms with Gasteiger partial charge in [-0.3, -0.25) is 9.59 Å². The van der Waals surface area contributed by atoms with Gasteiger partial charge < -0.3 is 5.32 Å². The van der Waals surface area contributed by atoms with Crippen LogP contribution in [0, 0.1) is 5.41 Å². The molecule has 0 aliphatic carbocycles. The molecule has 2 rings (SSSR count). The molecule has 4 nitrogen and oxygen atoms in total. The fraction of sp³-hybridized carbons (Fsp3) is 0.381. The number of hydrogen-bond donors (Lipinski definition) is 1. The van der Waals surface area contributed by atoms with Crippen molar-refractivity contribution in [3.05, 3.63) is 53.7 Å². The van der Waals surface area contributed by atoms with Gasteiger partial charge in [-0.15, -0.1) is 0 Å². The minimum absolute atomic E-state index is 0.0352. The maximum atomic E-state index is 12.9. The third kappa shape index (κ3) is 5.18. The number of aromatic nitrogens is 1. The number of benzene rings is 1. The summed E-state index contributed by atoms with van der Waals surface area (Å²) < 4.78 is 38.8. The van der Waals surface area contributed by atoms with Crippen LogP contribution >= 0.6 is 0 Å². The van der Waals surface area contributed by atoms with E-state index in [9.17, 15) is 22.8 Å². The van der Waals surface area contributed by atoms with E-state index in [0.29, 0.717) is 0 Å². The van der Waals surface area contributed by atoms with Gasteiger partial charge in [-0.25, -0.2) is 4.98 Å². The van der Waals surface area contributed by atoms with Crippen LogP contribution in [0.25, 0.3) is 11.3 Å². The second-order valence-corrected chi connectivity index (χ2v) is 7.58. The first-order chi connectivity index (χ1) is 12.9. The van der Waals surface area contributed by atoms with Crippen LogP contribution in [0.4, 0.5) is 13.2 Å². The highest BCUT2D eigenvalue weighted by molar-refractivity contribution is 5.97. The predicted molar refractivity (Wildman–Crippen MR) is 101 cm³/mol. The van der Waals surface area contributed by atoms with Crippen LogP contribution in [-0.2, 0) is 11.0 Å². The third-order valence-electron chi connectivity index (χ3n) is 4.28. The summed E-state index contributed by atoms with van der Waals surface area (Å²) in [6.07, 6.45) is -4.19. The maximum Gasteiger partial charge on any atom is 0.416 e. The Bertz CT molecular complexity index is 870. The molecule has 1 aromatic carbocycles. The Balaban J connectivity index is 2.32. The van der Waals surface area contributed by atoms with Gasteiger partial charge in [0.2, 0.25) is 0 Å². The van der Waals surface area contributed by atoms with Crippen molar-refractivity contribution < 1.29 is 22.8 Å². The summed E-state index contributed by atoms with van der Waals surface area (Å²) in [4.78, 5) is 29.0. The minimum atomic E-state index is -4.47. The molecular weight excluding hydrogens is 369 g/mol. The molecule has 0 fully saturated rings. The van der Waals surface area contributed by atoms with Crippen molar-refractivity contribution in [3.63, 3.8) is 0 Å². The molecule has 0 saturated carbocycles. The summed E-state index contributed by atoms with van der Waals surface area (Å²) in [5, 5.41) is 2.71. The molecule has 0 radical (unpaired) electrons. The average molecular weight is 392 g/mol. The number of alkyl halides is 3. The zero-order chi connectivity index (χ0) is 21.1. The van der Waals surface area contributed by atoms with Gasteiger partial charge in [0.25, 0.3) is 5.91 Å². The first-order valence-electron chi connectivity index (χ1n) is 8.91. The van der Waals surface area contributed by atoms with Gasteiger partial charge >= 0.3 is 6.18 Å². The Morgan fingerprint density at radius 1 is 1.07 bits per heavy atom. The van der Waals surface area contributed by atoms with Crippen molar-refractivity contribution in [1.29, 1.82) is 0 Å². The van der Waals surface area contributed by atoms with Crippen LogP contribution in [0.2, 0.25) is 0 Å². The van der Waals surface area contributed by atoms with Crippen LogP contribution in [-0.4, -0.2) is 22.7 Å². The summed E-state index contributed by atoms with van der Waals surface area (Å²) >= 11 is 0.